The van der Waals surface area contributed by atoms with Crippen molar-refractivity contribution in [3.8, 4) is 0 Å². The summed E-state index contributed by atoms with van der Waals surface area (Å²) in [6.45, 7) is 1.82. The van der Waals surface area contributed by atoms with Crippen LogP contribution in [0.1, 0.15) is 32.7 Å². The van der Waals surface area contributed by atoms with Crippen molar-refractivity contribution in [3.63, 3.8) is 0 Å². The van der Waals surface area contributed by atoms with Gasteiger partial charge >= 0.3 is 0 Å². The van der Waals surface area contributed by atoms with Crippen LogP contribution in [0.25, 0.3) is 11.0 Å². The fourth-order valence-electron chi connectivity index (χ4n) is 3.45. The van der Waals surface area contributed by atoms with Gasteiger partial charge < -0.3 is 4.42 Å². The number of para-hydroxylation sites is 1. The zero-order valence-corrected chi connectivity index (χ0v) is 15.1. The monoisotopic (exact) mass is 375 g/mol. The van der Waals surface area contributed by atoms with Crippen LogP contribution in [0.3, 0.4) is 0 Å². The highest BCUT2D eigenvalue weighted by atomic mass is 32.1. The first-order valence-electron chi connectivity index (χ1n) is 8.39. The molecule has 0 unspecified atom stereocenters. The van der Waals surface area contributed by atoms with E-state index in [9.17, 15) is 9.59 Å². The number of carbonyl (C=O) groups is 1. The highest BCUT2D eigenvalue weighted by Crippen LogP contribution is 2.41. The number of amides is 1. The van der Waals surface area contributed by atoms with E-state index in [-0.39, 0.29) is 17.1 Å². The summed E-state index contributed by atoms with van der Waals surface area (Å²) in [6.07, 6.45) is 0. The number of aromatic nitrogens is 2. The molecule has 6 nitrogen and oxygen atoms in total. The minimum atomic E-state index is -0.595. The molecule has 0 aliphatic carbocycles. The van der Waals surface area contributed by atoms with Gasteiger partial charge in [0.2, 0.25) is 10.9 Å². The Morgan fingerprint density at radius 3 is 2.48 bits per heavy atom. The lowest BCUT2D eigenvalue weighted by Gasteiger charge is -2.21. The molecule has 0 bridgehead atoms. The zero-order valence-electron chi connectivity index (χ0n) is 14.2. The van der Waals surface area contributed by atoms with E-state index >= 15 is 0 Å². The van der Waals surface area contributed by atoms with Crippen molar-refractivity contribution in [2.45, 2.75) is 13.0 Å². The molecule has 3 heterocycles. The van der Waals surface area contributed by atoms with Crippen LogP contribution in [0.2, 0.25) is 0 Å². The van der Waals surface area contributed by atoms with Gasteiger partial charge in [0.15, 0.2) is 5.43 Å². The number of carbonyl (C=O) groups excluding carboxylic acids is 1. The van der Waals surface area contributed by atoms with Crippen LogP contribution in [-0.4, -0.2) is 16.1 Å². The summed E-state index contributed by atoms with van der Waals surface area (Å²) < 4.78 is 5.87. The third-order valence-corrected chi connectivity index (χ3v) is 5.45. The topological polar surface area (TPSA) is 76.3 Å². The minimum absolute atomic E-state index is 0.0698. The Hall–Kier alpha value is -3.32. The number of benzene rings is 2. The Balaban J connectivity index is 1.84. The molecule has 4 aromatic rings. The molecule has 0 fully saturated rings. The van der Waals surface area contributed by atoms with Gasteiger partial charge in [0.05, 0.1) is 17.0 Å². The number of aryl methyl sites for hydroxylation is 1. The summed E-state index contributed by atoms with van der Waals surface area (Å²) in [4.78, 5) is 28.0. The van der Waals surface area contributed by atoms with Crippen molar-refractivity contribution in [2.75, 3.05) is 4.90 Å². The summed E-state index contributed by atoms with van der Waals surface area (Å²) in [5.41, 5.74) is 1.37. The largest absolute Gasteiger partial charge is 0.450 e. The van der Waals surface area contributed by atoms with E-state index in [1.54, 1.807) is 24.3 Å². The summed E-state index contributed by atoms with van der Waals surface area (Å²) in [5.74, 6) is -0.307. The van der Waals surface area contributed by atoms with E-state index in [4.69, 9.17) is 4.42 Å². The number of hydrogen-bond donors (Lipinski definition) is 0. The van der Waals surface area contributed by atoms with Crippen LogP contribution in [0.15, 0.2) is 63.8 Å². The number of hydrogen-bond acceptors (Lipinski definition) is 6. The van der Waals surface area contributed by atoms with Crippen LogP contribution in [0.4, 0.5) is 5.13 Å². The second kappa shape index (κ2) is 5.85. The molecular weight excluding hydrogens is 362 g/mol. The normalized spacial score (nSPS) is 16.1. The molecule has 1 aliphatic rings. The lowest BCUT2D eigenvalue weighted by molar-refractivity contribution is 0.0970. The second-order valence-corrected chi connectivity index (χ2v) is 7.42. The van der Waals surface area contributed by atoms with E-state index in [2.05, 4.69) is 10.2 Å². The van der Waals surface area contributed by atoms with Crippen LogP contribution in [0.5, 0.6) is 0 Å². The van der Waals surface area contributed by atoms with E-state index in [1.807, 2.05) is 37.3 Å². The van der Waals surface area contributed by atoms with Crippen LogP contribution < -0.4 is 10.3 Å². The summed E-state index contributed by atoms with van der Waals surface area (Å²) >= 11 is 1.31. The molecule has 27 heavy (non-hydrogen) atoms. The highest BCUT2D eigenvalue weighted by Gasteiger charge is 2.44. The molecule has 7 heteroatoms. The van der Waals surface area contributed by atoms with E-state index in [0.29, 0.717) is 21.7 Å². The number of rotatable bonds is 2. The first kappa shape index (κ1) is 15.9. The maximum Gasteiger partial charge on any atom is 0.297 e. The Kier molecular flexibility index (Phi) is 3.45. The van der Waals surface area contributed by atoms with Gasteiger partial charge in [0.1, 0.15) is 10.6 Å². The third-order valence-electron chi connectivity index (χ3n) is 4.61. The minimum Gasteiger partial charge on any atom is -0.450 e. The Morgan fingerprint density at radius 2 is 1.74 bits per heavy atom. The maximum absolute atomic E-state index is 13.3. The molecule has 1 aliphatic heterocycles. The average Bonchev–Trinajstić information content (AvgIpc) is 3.24. The molecule has 0 radical (unpaired) electrons. The van der Waals surface area contributed by atoms with Gasteiger partial charge in [-0.2, -0.15) is 0 Å². The first-order valence-corrected chi connectivity index (χ1v) is 9.21. The average molecular weight is 375 g/mol. The van der Waals surface area contributed by atoms with Gasteiger partial charge in [-0.05, 0) is 24.6 Å². The van der Waals surface area contributed by atoms with Gasteiger partial charge in [-0.1, -0.05) is 53.8 Å². The Morgan fingerprint density at radius 1 is 1.00 bits per heavy atom. The molecule has 132 valence electrons. The van der Waals surface area contributed by atoms with Crippen molar-refractivity contribution in [1.29, 1.82) is 0 Å². The molecule has 0 N–H and O–H groups in total. The molecule has 5 rings (SSSR count). The van der Waals surface area contributed by atoms with Crippen molar-refractivity contribution in [3.05, 3.63) is 86.7 Å². The summed E-state index contributed by atoms with van der Waals surface area (Å²) in [7, 11) is 0. The molecule has 2 aromatic heterocycles. The Bertz CT molecular complexity index is 1250. The molecule has 0 saturated carbocycles. The predicted molar refractivity (Wildman–Crippen MR) is 102 cm³/mol. The van der Waals surface area contributed by atoms with Crippen LogP contribution in [-0.2, 0) is 0 Å². The third kappa shape index (κ3) is 2.32. The summed E-state index contributed by atoms with van der Waals surface area (Å²) in [5, 5.41) is 9.81. The van der Waals surface area contributed by atoms with Crippen molar-refractivity contribution in [1.82, 2.24) is 10.2 Å². The number of anilines is 1. The Labute approximate surface area is 157 Å². The van der Waals surface area contributed by atoms with E-state index in [1.165, 1.54) is 16.2 Å². The quantitative estimate of drug-likeness (QED) is 0.534. The molecular formula is C20H13N3O3S. The lowest BCUT2D eigenvalue weighted by atomic mass is 9.99. The van der Waals surface area contributed by atoms with E-state index < -0.39 is 6.04 Å². The molecule has 1 atom stereocenters. The fourth-order valence-corrected chi connectivity index (χ4v) is 4.17. The van der Waals surface area contributed by atoms with Crippen LogP contribution in [0, 0.1) is 6.92 Å². The van der Waals surface area contributed by atoms with Crippen LogP contribution >= 0.6 is 11.3 Å². The second-order valence-electron chi connectivity index (χ2n) is 6.26. The van der Waals surface area contributed by atoms with Crippen molar-refractivity contribution in [2.24, 2.45) is 0 Å². The fraction of sp³-hybridized carbons (Fsp3) is 0.100. The predicted octanol–water partition coefficient (Wildman–Crippen LogP) is 3.70. The smallest absolute Gasteiger partial charge is 0.297 e. The van der Waals surface area contributed by atoms with Crippen molar-refractivity contribution >= 4 is 33.3 Å². The lowest BCUT2D eigenvalue weighted by Crippen LogP contribution is -2.29. The van der Waals surface area contributed by atoms with Gasteiger partial charge in [-0.15, -0.1) is 10.2 Å². The standard InChI is InChI=1S/C20H13N3O3S/c1-11-21-22-20(27-11)23-16(12-7-3-2-4-8-12)15-17(24)13-9-5-6-10-14(13)26-18(15)19(23)25/h2-10,16H,1H3/t16-/m0/s1. The molecule has 2 aromatic carbocycles. The first-order chi connectivity index (χ1) is 13.1. The van der Waals surface area contributed by atoms with Gasteiger partial charge in [0, 0.05) is 0 Å². The zero-order chi connectivity index (χ0) is 18.5. The van der Waals surface area contributed by atoms with E-state index in [0.717, 1.165) is 10.6 Å². The van der Waals surface area contributed by atoms with Gasteiger partial charge in [-0.25, -0.2) is 0 Å². The molecule has 0 saturated heterocycles. The maximum atomic E-state index is 13.3. The number of nitrogens with zero attached hydrogens (tertiary/aromatic N) is 3. The SMILES string of the molecule is Cc1nnc(N2C(=O)c3oc4ccccc4c(=O)c3[C@@H]2c2ccccc2)s1. The molecule has 1 amide bonds. The van der Waals surface area contributed by atoms with Gasteiger partial charge in [0.25, 0.3) is 5.91 Å². The summed E-state index contributed by atoms with van der Waals surface area (Å²) in [6, 6.07) is 15.8. The number of fused-ring (bicyclic) bond motifs is 2. The van der Waals surface area contributed by atoms with Gasteiger partial charge in [-0.3, -0.25) is 14.5 Å². The van der Waals surface area contributed by atoms with Crippen molar-refractivity contribution < 1.29 is 9.21 Å². The molecule has 0 spiro atoms. The highest BCUT2D eigenvalue weighted by molar-refractivity contribution is 7.15.